The van der Waals surface area contributed by atoms with Crippen LogP contribution in [0.2, 0.25) is 0 Å². The molecule has 0 bridgehead atoms. The van der Waals surface area contributed by atoms with Crippen LogP contribution in [0.4, 0.5) is 0 Å². The molecule has 1 aromatic carbocycles. The van der Waals surface area contributed by atoms with Crippen LogP contribution in [0.25, 0.3) is 0 Å². The highest BCUT2D eigenvalue weighted by Crippen LogP contribution is 2.20. The molecule has 0 aromatic heterocycles. The van der Waals surface area contributed by atoms with Crippen LogP contribution in [-0.2, 0) is 26.1 Å². The Morgan fingerprint density at radius 3 is 2.43 bits per heavy atom. The number of benzene rings is 1. The number of hydrogen-bond acceptors (Lipinski definition) is 5. The molecule has 0 saturated heterocycles. The molecule has 0 radical (unpaired) electrons. The standard InChI is InChI=1S/C8H8O5S/c9-6-8(10,13-14(11)12)7-4-2-1-3-5-7/h1-6,10H,(H,11,12)/p-1. The largest absolute Gasteiger partial charge is 0.750 e. The van der Waals surface area contributed by atoms with Gasteiger partial charge in [-0.1, -0.05) is 30.3 Å². The predicted octanol–water partition coefficient (Wildman–Crippen LogP) is -0.159. The second-order valence-corrected chi connectivity index (χ2v) is 3.04. The maximum absolute atomic E-state index is 10.5. The lowest BCUT2D eigenvalue weighted by Gasteiger charge is -2.22. The second-order valence-electron chi connectivity index (χ2n) is 2.47. The number of carbonyl (C=O) groups excluding carboxylic acids is 1. The molecule has 2 atom stereocenters. The smallest absolute Gasteiger partial charge is 0.263 e. The van der Waals surface area contributed by atoms with Crippen LogP contribution in [0.3, 0.4) is 0 Å². The van der Waals surface area contributed by atoms with Gasteiger partial charge in [0.1, 0.15) is 0 Å². The topological polar surface area (TPSA) is 86.7 Å². The highest BCUT2D eigenvalue weighted by molar-refractivity contribution is 7.74. The van der Waals surface area contributed by atoms with E-state index in [1.54, 1.807) is 18.2 Å². The van der Waals surface area contributed by atoms with Gasteiger partial charge in [-0.15, -0.1) is 0 Å². The molecule has 0 fully saturated rings. The summed E-state index contributed by atoms with van der Waals surface area (Å²) in [5, 5.41) is 9.48. The first-order chi connectivity index (χ1) is 6.58. The molecule has 0 aliphatic carbocycles. The number of carbonyl (C=O) groups is 1. The lowest BCUT2D eigenvalue weighted by Crippen LogP contribution is -2.31. The molecular weight excluding hydrogens is 208 g/mol. The fourth-order valence-corrected chi connectivity index (χ4v) is 1.26. The van der Waals surface area contributed by atoms with Gasteiger partial charge in [-0.3, -0.25) is 8.98 Å². The van der Waals surface area contributed by atoms with E-state index in [-0.39, 0.29) is 11.8 Å². The van der Waals surface area contributed by atoms with Crippen LogP contribution in [0.15, 0.2) is 30.3 Å². The Kier molecular flexibility index (Phi) is 3.48. The first-order valence-electron chi connectivity index (χ1n) is 3.61. The van der Waals surface area contributed by atoms with Crippen molar-refractivity contribution in [3.63, 3.8) is 0 Å². The first kappa shape index (κ1) is 11.0. The van der Waals surface area contributed by atoms with E-state index in [2.05, 4.69) is 4.18 Å². The van der Waals surface area contributed by atoms with Crippen LogP contribution in [0, 0.1) is 0 Å². The third kappa shape index (κ3) is 2.46. The molecule has 6 heteroatoms. The Bertz CT molecular complexity index is 339. The molecule has 0 saturated carbocycles. The van der Waals surface area contributed by atoms with Crippen molar-refractivity contribution in [2.24, 2.45) is 0 Å². The van der Waals surface area contributed by atoms with Crippen LogP contribution < -0.4 is 0 Å². The van der Waals surface area contributed by atoms with E-state index in [1.165, 1.54) is 12.1 Å². The Labute approximate surface area is 82.8 Å². The Morgan fingerprint density at radius 1 is 1.43 bits per heavy atom. The van der Waals surface area contributed by atoms with Crippen LogP contribution in [-0.4, -0.2) is 20.2 Å². The van der Waals surface area contributed by atoms with Crippen LogP contribution >= 0.6 is 0 Å². The molecule has 0 aliphatic rings. The number of aldehydes is 1. The van der Waals surface area contributed by atoms with E-state index in [0.29, 0.717) is 0 Å². The molecular formula is C8H7O5S-. The fraction of sp³-hybridized carbons (Fsp3) is 0.125. The van der Waals surface area contributed by atoms with Crippen molar-refractivity contribution in [3.05, 3.63) is 35.9 Å². The van der Waals surface area contributed by atoms with Crippen LogP contribution in [0.5, 0.6) is 0 Å². The average Bonchev–Trinajstić information content (AvgIpc) is 2.18. The van der Waals surface area contributed by atoms with Gasteiger partial charge >= 0.3 is 0 Å². The summed E-state index contributed by atoms with van der Waals surface area (Å²) in [4.78, 5) is 10.5. The van der Waals surface area contributed by atoms with Crippen LogP contribution in [0.1, 0.15) is 5.56 Å². The zero-order chi connectivity index (χ0) is 10.6. The number of rotatable bonds is 4. The summed E-state index contributed by atoms with van der Waals surface area (Å²) in [7, 11) is 0. The van der Waals surface area contributed by atoms with E-state index in [4.69, 9.17) is 0 Å². The van der Waals surface area contributed by atoms with Gasteiger partial charge in [-0.05, 0) is 0 Å². The predicted molar refractivity (Wildman–Crippen MR) is 46.4 cm³/mol. The zero-order valence-corrected chi connectivity index (χ0v) is 7.77. The molecule has 1 N–H and O–H groups in total. The maximum atomic E-state index is 10.5. The Balaban J connectivity index is 3.01. The van der Waals surface area contributed by atoms with Gasteiger partial charge in [0.2, 0.25) is 0 Å². The molecule has 1 aromatic rings. The van der Waals surface area contributed by atoms with E-state index in [0.717, 1.165) is 0 Å². The summed E-state index contributed by atoms with van der Waals surface area (Å²) in [5.74, 6) is -2.44. The summed E-state index contributed by atoms with van der Waals surface area (Å²) in [6.07, 6.45) is 0.0120. The van der Waals surface area contributed by atoms with Gasteiger partial charge in [0.05, 0.1) is 11.4 Å². The second kappa shape index (κ2) is 4.43. The van der Waals surface area contributed by atoms with E-state index >= 15 is 0 Å². The highest BCUT2D eigenvalue weighted by atomic mass is 32.2. The Hall–Kier alpha value is -1.08. The van der Waals surface area contributed by atoms with Gasteiger partial charge in [-0.25, -0.2) is 4.21 Å². The van der Waals surface area contributed by atoms with Crippen molar-refractivity contribution in [2.45, 2.75) is 5.79 Å². The lowest BCUT2D eigenvalue weighted by molar-refractivity contribution is -0.161. The molecule has 14 heavy (non-hydrogen) atoms. The van der Waals surface area contributed by atoms with E-state index in [1.807, 2.05) is 0 Å². The van der Waals surface area contributed by atoms with Gasteiger partial charge in [0.25, 0.3) is 5.79 Å². The quantitative estimate of drug-likeness (QED) is 0.428. The molecule has 2 unspecified atom stereocenters. The zero-order valence-electron chi connectivity index (χ0n) is 6.95. The van der Waals surface area contributed by atoms with Crippen molar-refractivity contribution >= 4 is 17.6 Å². The minimum atomic E-state index is -2.97. The van der Waals surface area contributed by atoms with Gasteiger partial charge in [-0.2, -0.15) is 0 Å². The minimum Gasteiger partial charge on any atom is -0.750 e. The normalized spacial score (nSPS) is 17.0. The van der Waals surface area contributed by atoms with E-state index in [9.17, 15) is 18.7 Å². The summed E-state index contributed by atoms with van der Waals surface area (Å²) in [6.45, 7) is 0. The number of hydrogen-bond donors (Lipinski definition) is 1. The molecule has 0 spiro atoms. The summed E-state index contributed by atoms with van der Waals surface area (Å²) < 4.78 is 24.5. The third-order valence-corrected chi connectivity index (χ3v) is 1.93. The van der Waals surface area contributed by atoms with Crippen molar-refractivity contribution in [1.29, 1.82) is 0 Å². The van der Waals surface area contributed by atoms with Crippen molar-refractivity contribution in [2.75, 3.05) is 0 Å². The van der Waals surface area contributed by atoms with Gasteiger partial charge in [0, 0.05) is 5.56 Å². The van der Waals surface area contributed by atoms with Gasteiger partial charge < -0.3 is 9.66 Å². The SMILES string of the molecule is O=CC(O)(OS(=O)[O-])c1ccccc1. The van der Waals surface area contributed by atoms with Crippen molar-refractivity contribution in [3.8, 4) is 0 Å². The van der Waals surface area contributed by atoms with Gasteiger partial charge in [0.15, 0.2) is 6.29 Å². The van der Waals surface area contributed by atoms with Crippen molar-refractivity contribution in [1.82, 2.24) is 0 Å². The maximum Gasteiger partial charge on any atom is 0.263 e. The molecule has 5 nitrogen and oxygen atoms in total. The third-order valence-electron chi connectivity index (χ3n) is 1.54. The van der Waals surface area contributed by atoms with Crippen molar-refractivity contribution < 1.29 is 22.8 Å². The summed E-state index contributed by atoms with van der Waals surface area (Å²) in [6, 6.07) is 7.49. The summed E-state index contributed by atoms with van der Waals surface area (Å²) in [5.41, 5.74) is 0.0548. The molecule has 0 amide bonds. The molecule has 0 aliphatic heterocycles. The molecule has 1 rings (SSSR count). The number of aliphatic hydroxyl groups is 1. The average molecular weight is 215 g/mol. The lowest BCUT2D eigenvalue weighted by atomic mass is 10.1. The molecule has 0 heterocycles. The Morgan fingerprint density at radius 2 is 2.00 bits per heavy atom. The first-order valence-corrected chi connectivity index (χ1v) is 4.61. The van der Waals surface area contributed by atoms with E-state index < -0.39 is 17.1 Å². The summed E-state index contributed by atoms with van der Waals surface area (Å²) >= 11 is -2.97. The highest BCUT2D eigenvalue weighted by Gasteiger charge is 2.30. The minimum absolute atomic E-state index is 0.0120. The molecule has 76 valence electrons. The monoisotopic (exact) mass is 215 g/mol. The fourth-order valence-electron chi connectivity index (χ4n) is 0.916.